The molecule has 0 N–H and O–H groups in total. The van der Waals surface area contributed by atoms with Gasteiger partial charge in [-0.05, 0) is 63.6 Å². The van der Waals surface area contributed by atoms with E-state index in [1.165, 1.54) is 0 Å². The summed E-state index contributed by atoms with van der Waals surface area (Å²) < 4.78 is 13.3. The number of aryl methyl sites for hydroxylation is 1. The maximum absolute atomic E-state index is 12.1. The van der Waals surface area contributed by atoms with Crippen LogP contribution in [0, 0.1) is 0 Å². The van der Waals surface area contributed by atoms with Gasteiger partial charge in [0.2, 0.25) is 0 Å². The van der Waals surface area contributed by atoms with Gasteiger partial charge in [-0.25, -0.2) is 14.8 Å². The van der Waals surface area contributed by atoms with E-state index < -0.39 is 5.60 Å². The smallest absolute Gasteiger partial charge is 0.410 e. The molecule has 1 aliphatic heterocycles. The van der Waals surface area contributed by atoms with Gasteiger partial charge in [0.15, 0.2) is 0 Å². The van der Waals surface area contributed by atoms with Crippen LogP contribution < -0.4 is 4.74 Å². The average Bonchev–Trinajstić information content (AvgIpc) is 3.31. The van der Waals surface area contributed by atoms with Crippen LogP contribution in [-0.2, 0) is 17.7 Å². The zero-order valence-electron chi connectivity index (χ0n) is 22.2. The summed E-state index contributed by atoms with van der Waals surface area (Å²) in [6.45, 7) is 9.45. The fraction of sp³-hybridized carbons (Fsp3) is 0.345. The molecule has 1 aromatic carbocycles. The maximum Gasteiger partial charge on any atom is 0.410 e. The van der Waals surface area contributed by atoms with E-state index in [-0.39, 0.29) is 12.2 Å². The highest BCUT2D eigenvalue weighted by Gasteiger charge is 2.35. The Morgan fingerprint density at radius 2 is 1.87 bits per heavy atom. The first-order chi connectivity index (χ1) is 18.3. The molecule has 5 rings (SSSR count). The van der Waals surface area contributed by atoms with E-state index in [0.717, 1.165) is 46.2 Å². The number of hydrogen-bond acceptors (Lipinski definition) is 7. The second-order valence-electron chi connectivity index (χ2n) is 10.3. The first-order valence-electron chi connectivity index (χ1n) is 12.8. The van der Waals surface area contributed by atoms with Crippen molar-refractivity contribution in [3.63, 3.8) is 0 Å². The molecular formula is C29H32N6O3. The number of carbonyl (C=O) groups is 1. The molecule has 9 nitrogen and oxygen atoms in total. The third-order valence-corrected chi connectivity index (χ3v) is 6.09. The minimum Gasteiger partial charge on any atom is -0.487 e. The van der Waals surface area contributed by atoms with Crippen LogP contribution in [-0.4, -0.2) is 60.5 Å². The quantitative estimate of drug-likeness (QED) is 0.343. The molecule has 1 fully saturated rings. The summed E-state index contributed by atoms with van der Waals surface area (Å²) in [6, 6.07) is 13.8. The largest absolute Gasteiger partial charge is 0.487 e. The molecule has 1 amide bonds. The van der Waals surface area contributed by atoms with Crippen LogP contribution in [0.25, 0.3) is 22.5 Å². The fourth-order valence-corrected chi connectivity index (χ4v) is 4.17. The average molecular weight is 513 g/mol. The van der Waals surface area contributed by atoms with Gasteiger partial charge in [-0.2, -0.15) is 5.10 Å². The number of benzene rings is 1. The SMILES string of the molecule is CCn1cc(-c2ccnc(Cc3ccc(OC4CN(C(=O)OC(C)(C)C)C4)cc3)n2)c(-c2cccnc2)n1. The second kappa shape index (κ2) is 10.6. The Balaban J connectivity index is 1.23. The van der Waals surface area contributed by atoms with Crippen LogP contribution >= 0.6 is 0 Å². The van der Waals surface area contributed by atoms with E-state index in [4.69, 9.17) is 19.6 Å². The van der Waals surface area contributed by atoms with Crippen LogP contribution in [0.2, 0.25) is 0 Å². The van der Waals surface area contributed by atoms with Crippen molar-refractivity contribution >= 4 is 6.09 Å². The monoisotopic (exact) mass is 512 g/mol. The molecule has 0 atom stereocenters. The molecule has 0 unspecified atom stereocenters. The molecule has 9 heteroatoms. The van der Waals surface area contributed by atoms with Gasteiger partial charge >= 0.3 is 6.09 Å². The van der Waals surface area contributed by atoms with Crippen molar-refractivity contribution in [3.8, 4) is 28.3 Å². The summed E-state index contributed by atoms with van der Waals surface area (Å²) in [5.74, 6) is 1.50. The van der Waals surface area contributed by atoms with Crippen molar-refractivity contribution in [1.29, 1.82) is 0 Å². The van der Waals surface area contributed by atoms with E-state index >= 15 is 0 Å². The van der Waals surface area contributed by atoms with Gasteiger partial charge in [-0.1, -0.05) is 12.1 Å². The number of likely N-dealkylation sites (tertiary alicyclic amines) is 1. The van der Waals surface area contributed by atoms with Crippen LogP contribution in [0.15, 0.2) is 67.3 Å². The molecule has 3 aromatic heterocycles. The van der Waals surface area contributed by atoms with Crippen LogP contribution in [0.5, 0.6) is 5.75 Å². The summed E-state index contributed by atoms with van der Waals surface area (Å²) >= 11 is 0. The molecular weight excluding hydrogens is 480 g/mol. The van der Waals surface area contributed by atoms with E-state index in [0.29, 0.717) is 19.5 Å². The van der Waals surface area contributed by atoms with Gasteiger partial charge in [0.1, 0.15) is 29.0 Å². The molecule has 4 heterocycles. The Bertz CT molecular complexity index is 1390. The highest BCUT2D eigenvalue weighted by Crippen LogP contribution is 2.29. The van der Waals surface area contributed by atoms with Crippen molar-refractivity contribution in [2.45, 2.75) is 52.4 Å². The number of ether oxygens (including phenoxy) is 2. The Labute approximate surface area is 222 Å². The molecule has 0 bridgehead atoms. The van der Waals surface area contributed by atoms with E-state index in [2.05, 4.69) is 16.9 Å². The normalized spacial score (nSPS) is 13.7. The lowest BCUT2D eigenvalue weighted by atomic mass is 10.1. The molecule has 1 aliphatic rings. The molecule has 38 heavy (non-hydrogen) atoms. The van der Waals surface area contributed by atoms with Gasteiger partial charge in [0, 0.05) is 48.9 Å². The Morgan fingerprint density at radius 1 is 1.08 bits per heavy atom. The van der Waals surface area contributed by atoms with E-state index in [1.807, 2.05) is 80.3 Å². The minimum absolute atomic E-state index is 0.0357. The standard InChI is InChI=1S/C29H32N6O3/c1-5-35-19-24(27(33-35)21-7-6-13-30-16-21)25-12-14-31-26(32-25)15-20-8-10-22(11-9-20)37-23-17-34(18-23)28(36)38-29(2,3)4/h6-14,16,19,23H,5,15,17-18H2,1-4H3. The van der Waals surface area contributed by atoms with Crippen molar-refractivity contribution in [2.75, 3.05) is 13.1 Å². The number of aromatic nitrogens is 5. The molecule has 0 saturated carbocycles. The van der Waals surface area contributed by atoms with Crippen molar-refractivity contribution in [2.24, 2.45) is 0 Å². The first-order valence-corrected chi connectivity index (χ1v) is 12.8. The number of nitrogens with zero attached hydrogens (tertiary/aromatic N) is 6. The van der Waals surface area contributed by atoms with E-state index in [1.54, 1.807) is 17.3 Å². The summed E-state index contributed by atoms with van der Waals surface area (Å²) in [6.07, 6.45) is 7.63. The van der Waals surface area contributed by atoms with Gasteiger partial charge in [0.05, 0.1) is 18.8 Å². The van der Waals surface area contributed by atoms with Crippen molar-refractivity contribution in [3.05, 3.63) is 78.6 Å². The Morgan fingerprint density at radius 3 is 2.55 bits per heavy atom. The highest BCUT2D eigenvalue weighted by atomic mass is 16.6. The second-order valence-corrected chi connectivity index (χ2v) is 10.3. The third kappa shape index (κ3) is 5.99. The molecule has 0 radical (unpaired) electrons. The summed E-state index contributed by atoms with van der Waals surface area (Å²) in [5, 5.41) is 4.74. The lowest BCUT2D eigenvalue weighted by Crippen LogP contribution is -2.57. The number of rotatable bonds is 7. The summed E-state index contributed by atoms with van der Waals surface area (Å²) in [7, 11) is 0. The molecule has 0 spiro atoms. The van der Waals surface area contributed by atoms with Crippen LogP contribution in [0.4, 0.5) is 4.79 Å². The molecule has 0 aliphatic carbocycles. The zero-order chi connectivity index (χ0) is 26.7. The van der Waals surface area contributed by atoms with Crippen LogP contribution in [0.1, 0.15) is 39.1 Å². The molecule has 196 valence electrons. The lowest BCUT2D eigenvalue weighted by molar-refractivity contribution is -0.0221. The summed E-state index contributed by atoms with van der Waals surface area (Å²) in [4.78, 5) is 27.4. The highest BCUT2D eigenvalue weighted by molar-refractivity contribution is 5.78. The van der Waals surface area contributed by atoms with Crippen molar-refractivity contribution in [1.82, 2.24) is 29.6 Å². The fourth-order valence-electron chi connectivity index (χ4n) is 4.17. The predicted octanol–water partition coefficient (Wildman–Crippen LogP) is 5.01. The van der Waals surface area contributed by atoms with Gasteiger partial charge in [-0.15, -0.1) is 0 Å². The number of hydrogen-bond donors (Lipinski definition) is 0. The summed E-state index contributed by atoms with van der Waals surface area (Å²) in [5.41, 5.74) is 4.16. The Hall–Kier alpha value is -4.27. The maximum atomic E-state index is 12.1. The Kier molecular flexibility index (Phi) is 7.09. The topological polar surface area (TPSA) is 95.3 Å². The van der Waals surface area contributed by atoms with Crippen LogP contribution in [0.3, 0.4) is 0 Å². The van der Waals surface area contributed by atoms with Gasteiger partial charge in [-0.3, -0.25) is 9.67 Å². The minimum atomic E-state index is -0.499. The third-order valence-electron chi connectivity index (χ3n) is 6.09. The van der Waals surface area contributed by atoms with Crippen molar-refractivity contribution < 1.29 is 14.3 Å². The number of amides is 1. The zero-order valence-corrected chi connectivity index (χ0v) is 22.2. The molecule has 4 aromatic rings. The van der Waals surface area contributed by atoms with Gasteiger partial charge < -0.3 is 14.4 Å². The van der Waals surface area contributed by atoms with Gasteiger partial charge in [0.25, 0.3) is 0 Å². The number of carbonyl (C=O) groups excluding carboxylic acids is 1. The van der Waals surface area contributed by atoms with E-state index in [9.17, 15) is 4.79 Å². The number of pyridine rings is 1. The predicted molar refractivity (Wildman–Crippen MR) is 144 cm³/mol. The molecule has 1 saturated heterocycles. The lowest BCUT2D eigenvalue weighted by Gasteiger charge is -2.39. The first kappa shape index (κ1) is 25.4.